The first-order valence-corrected chi connectivity index (χ1v) is 10.5. The van der Waals surface area contributed by atoms with Crippen molar-refractivity contribution in [3.05, 3.63) is 90.0 Å². The molecule has 0 saturated carbocycles. The molecule has 5 aromatic rings. The van der Waals surface area contributed by atoms with Gasteiger partial charge >= 0.3 is 5.97 Å². The number of nitrogens with zero attached hydrogens (tertiary/aromatic N) is 5. The molecule has 0 radical (unpaired) electrons. The van der Waals surface area contributed by atoms with Crippen LogP contribution in [0.5, 0.6) is 0 Å². The summed E-state index contributed by atoms with van der Waals surface area (Å²) in [5.74, 6) is -0.620. The molecule has 34 heavy (non-hydrogen) atoms. The molecule has 8 nitrogen and oxygen atoms in total. The van der Waals surface area contributed by atoms with E-state index in [4.69, 9.17) is 15.6 Å². The number of carbonyl (C=O) groups excluding carboxylic acids is 1. The van der Waals surface area contributed by atoms with Gasteiger partial charge in [0.05, 0.1) is 29.7 Å². The first-order valence-electron chi connectivity index (χ1n) is 10.5. The number of nitrogen functional groups attached to an aromatic ring is 1. The standard InChI is InChI=1S/C26H20N6O2/c1-16-22(17-7-4-3-5-8-17)25-29-12-11-21(32(25)30-16)18-9-6-10-20(13-18)31-15-19(14-27)23(28)24(31)26(33)34-2/h3-13,15H,28H2,1-2H3. The Morgan fingerprint density at radius 3 is 2.59 bits per heavy atom. The molecular weight excluding hydrogens is 428 g/mol. The van der Waals surface area contributed by atoms with Crippen molar-refractivity contribution >= 4 is 17.3 Å². The Hall–Kier alpha value is -4.90. The molecule has 0 atom stereocenters. The van der Waals surface area contributed by atoms with Crippen LogP contribution >= 0.6 is 0 Å². The summed E-state index contributed by atoms with van der Waals surface area (Å²) in [4.78, 5) is 17.0. The van der Waals surface area contributed by atoms with E-state index in [1.165, 1.54) is 13.3 Å². The van der Waals surface area contributed by atoms with Gasteiger partial charge in [0.25, 0.3) is 0 Å². The fraction of sp³-hybridized carbons (Fsp3) is 0.0769. The Morgan fingerprint density at radius 2 is 1.85 bits per heavy atom. The number of esters is 1. The summed E-state index contributed by atoms with van der Waals surface area (Å²) >= 11 is 0. The number of anilines is 1. The molecule has 3 aromatic heterocycles. The first-order chi connectivity index (χ1) is 16.5. The molecule has 5 rings (SSSR count). The fourth-order valence-electron chi connectivity index (χ4n) is 4.15. The highest BCUT2D eigenvalue weighted by Gasteiger charge is 2.22. The predicted octanol–water partition coefficient (Wildman–Crippen LogP) is 4.40. The Kier molecular flexibility index (Phi) is 5.07. The normalized spacial score (nSPS) is 10.9. The highest BCUT2D eigenvalue weighted by molar-refractivity contribution is 5.96. The number of hydrogen-bond donors (Lipinski definition) is 1. The van der Waals surface area contributed by atoms with Crippen molar-refractivity contribution in [2.75, 3.05) is 12.8 Å². The van der Waals surface area contributed by atoms with E-state index in [0.29, 0.717) is 5.69 Å². The molecule has 2 aromatic carbocycles. The lowest BCUT2D eigenvalue weighted by atomic mass is 10.1. The van der Waals surface area contributed by atoms with E-state index in [0.717, 1.165) is 33.7 Å². The van der Waals surface area contributed by atoms with Gasteiger partial charge in [-0.25, -0.2) is 14.3 Å². The average Bonchev–Trinajstić information content (AvgIpc) is 3.39. The third-order valence-corrected chi connectivity index (χ3v) is 5.72. The minimum absolute atomic E-state index is 0.0845. The summed E-state index contributed by atoms with van der Waals surface area (Å²) in [5.41, 5.74) is 12.4. The number of nitriles is 1. The lowest BCUT2D eigenvalue weighted by molar-refractivity contribution is 0.0593. The van der Waals surface area contributed by atoms with E-state index in [2.05, 4.69) is 4.98 Å². The van der Waals surface area contributed by atoms with Gasteiger partial charge in [0, 0.05) is 29.2 Å². The zero-order chi connectivity index (χ0) is 23.8. The van der Waals surface area contributed by atoms with Crippen molar-refractivity contribution < 1.29 is 9.53 Å². The van der Waals surface area contributed by atoms with Crippen LogP contribution in [0, 0.1) is 18.3 Å². The van der Waals surface area contributed by atoms with Gasteiger partial charge in [-0.05, 0) is 30.7 Å². The maximum absolute atomic E-state index is 12.4. The molecule has 2 N–H and O–H groups in total. The Morgan fingerprint density at radius 1 is 1.09 bits per heavy atom. The predicted molar refractivity (Wildman–Crippen MR) is 128 cm³/mol. The molecular formula is C26H20N6O2. The van der Waals surface area contributed by atoms with E-state index in [-0.39, 0.29) is 16.9 Å². The summed E-state index contributed by atoms with van der Waals surface area (Å²) in [6.07, 6.45) is 3.29. The lowest BCUT2D eigenvalue weighted by Gasteiger charge is -2.11. The van der Waals surface area contributed by atoms with Crippen LogP contribution in [0.2, 0.25) is 0 Å². The Labute approximate surface area is 195 Å². The first kappa shape index (κ1) is 21.0. The maximum Gasteiger partial charge on any atom is 0.357 e. The van der Waals surface area contributed by atoms with E-state index in [1.807, 2.05) is 78.2 Å². The number of fused-ring (bicyclic) bond motifs is 1. The van der Waals surface area contributed by atoms with Crippen LogP contribution in [0.15, 0.2) is 73.1 Å². The van der Waals surface area contributed by atoms with E-state index in [9.17, 15) is 10.1 Å². The molecule has 0 saturated heterocycles. The van der Waals surface area contributed by atoms with Crippen molar-refractivity contribution in [1.82, 2.24) is 19.2 Å². The average molecular weight is 448 g/mol. The summed E-state index contributed by atoms with van der Waals surface area (Å²) in [7, 11) is 1.28. The van der Waals surface area contributed by atoms with Gasteiger partial charge in [-0.2, -0.15) is 10.4 Å². The Bertz CT molecular complexity index is 1590. The zero-order valence-corrected chi connectivity index (χ0v) is 18.6. The fourth-order valence-corrected chi connectivity index (χ4v) is 4.15. The molecule has 0 spiro atoms. The van der Waals surface area contributed by atoms with E-state index >= 15 is 0 Å². The van der Waals surface area contributed by atoms with Crippen LogP contribution in [0.4, 0.5) is 5.69 Å². The minimum atomic E-state index is -0.620. The maximum atomic E-state index is 12.4. The molecule has 0 amide bonds. The number of hydrogen-bond acceptors (Lipinski definition) is 6. The van der Waals surface area contributed by atoms with Crippen LogP contribution in [0.25, 0.3) is 33.7 Å². The molecule has 0 bridgehead atoms. The van der Waals surface area contributed by atoms with Crippen LogP contribution in [-0.4, -0.2) is 32.2 Å². The molecule has 0 fully saturated rings. The highest BCUT2D eigenvalue weighted by Crippen LogP contribution is 2.31. The van der Waals surface area contributed by atoms with Crippen LogP contribution in [-0.2, 0) is 4.74 Å². The van der Waals surface area contributed by atoms with Gasteiger partial charge < -0.3 is 15.0 Å². The van der Waals surface area contributed by atoms with Crippen molar-refractivity contribution in [3.8, 4) is 34.1 Å². The number of carbonyl (C=O) groups is 1. The van der Waals surface area contributed by atoms with Crippen LogP contribution < -0.4 is 5.73 Å². The third-order valence-electron chi connectivity index (χ3n) is 5.72. The summed E-state index contributed by atoms with van der Waals surface area (Å²) in [6, 6.07) is 21.5. The SMILES string of the molecule is COC(=O)c1c(N)c(C#N)cn1-c1cccc(-c2ccnc3c(-c4ccccc4)c(C)nn23)c1. The quantitative estimate of drug-likeness (QED) is 0.408. The summed E-state index contributed by atoms with van der Waals surface area (Å²) in [5, 5.41) is 14.2. The molecule has 3 heterocycles. The second kappa shape index (κ2) is 8.22. The summed E-state index contributed by atoms with van der Waals surface area (Å²) < 4.78 is 8.29. The molecule has 8 heteroatoms. The van der Waals surface area contributed by atoms with Crippen molar-refractivity contribution in [1.29, 1.82) is 5.26 Å². The smallest absolute Gasteiger partial charge is 0.357 e. The van der Waals surface area contributed by atoms with Crippen molar-refractivity contribution in [3.63, 3.8) is 0 Å². The van der Waals surface area contributed by atoms with E-state index < -0.39 is 5.97 Å². The van der Waals surface area contributed by atoms with Crippen LogP contribution in [0.1, 0.15) is 21.7 Å². The number of methoxy groups -OCH3 is 1. The summed E-state index contributed by atoms with van der Waals surface area (Å²) in [6.45, 7) is 1.96. The molecule has 0 unspecified atom stereocenters. The minimum Gasteiger partial charge on any atom is -0.464 e. The van der Waals surface area contributed by atoms with Gasteiger partial charge in [0.1, 0.15) is 6.07 Å². The number of ether oxygens (including phenoxy) is 1. The third kappa shape index (κ3) is 3.27. The molecule has 0 aliphatic carbocycles. The van der Waals surface area contributed by atoms with Gasteiger partial charge in [-0.3, -0.25) is 0 Å². The zero-order valence-electron chi connectivity index (χ0n) is 18.6. The van der Waals surface area contributed by atoms with Gasteiger partial charge in [0.15, 0.2) is 11.3 Å². The highest BCUT2D eigenvalue weighted by atomic mass is 16.5. The number of nitrogens with two attached hydrogens (primary N) is 1. The Balaban J connectivity index is 1.69. The van der Waals surface area contributed by atoms with Gasteiger partial charge in [-0.15, -0.1) is 0 Å². The molecule has 166 valence electrons. The second-order valence-electron chi connectivity index (χ2n) is 7.72. The monoisotopic (exact) mass is 448 g/mol. The second-order valence-corrected chi connectivity index (χ2v) is 7.72. The van der Waals surface area contributed by atoms with Crippen LogP contribution in [0.3, 0.4) is 0 Å². The lowest BCUT2D eigenvalue weighted by Crippen LogP contribution is -2.11. The largest absolute Gasteiger partial charge is 0.464 e. The topological polar surface area (TPSA) is 111 Å². The van der Waals surface area contributed by atoms with Crippen molar-refractivity contribution in [2.45, 2.75) is 6.92 Å². The molecule has 0 aliphatic heterocycles. The number of rotatable bonds is 4. The van der Waals surface area contributed by atoms with E-state index in [1.54, 1.807) is 10.8 Å². The number of aryl methyl sites for hydroxylation is 1. The van der Waals surface area contributed by atoms with Gasteiger partial charge in [0.2, 0.25) is 0 Å². The number of aromatic nitrogens is 4. The van der Waals surface area contributed by atoms with Crippen molar-refractivity contribution in [2.24, 2.45) is 0 Å². The van der Waals surface area contributed by atoms with Gasteiger partial charge in [-0.1, -0.05) is 42.5 Å². The number of benzene rings is 2. The molecule has 0 aliphatic rings.